The van der Waals surface area contributed by atoms with E-state index < -0.39 is 61.2 Å². The number of alkyl halides is 15. The molecular formula is C33H45F15O2. The molecular weight excluding hydrogens is 713 g/mol. The molecule has 50 heavy (non-hydrogen) atoms. The summed E-state index contributed by atoms with van der Waals surface area (Å²) >= 11 is 0. The van der Waals surface area contributed by atoms with Crippen LogP contribution in [0.2, 0.25) is 0 Å². The first-order chi connectivity index (χ1) is 22.6. The molecule has 1 aromatic rings. The van der Waals surface area contributed by atoms with Crippen LogP contribution in [-0.4, -0.2) is 54.4 Å². The number of hydrogen-bond donors (Lipinski definition) is 0. The van der Waals surface area contributed by atoms with Crippen molar-refractivity contribution in [2.24, 2.45) is 17.8 Å². The van der Waals surface area contributed by atoms with Gasteiger partial charge in [0.2, 0.25) is 0 Å². The van der Waals surface area contributed by atoms with Crippen molar-refractivity contribution in [1.29, 1.82) is 0 Å². The van der Waals surface area contributed by atoms with E-state index in [0.717, 1.165) is 25.2 Å². The molecule has 1 aromatic carbocycles. The summed E-state index contributed by atoms with van der Waals surface area (Å²) in [6.45, 7) is 9.96. The topological polar surface area (TPSA) is 18.5 Å². The summed E-state index contributed by atoms with van der Waals surface area (Å²) < 4.78 is 211. The van der Waals surface area contributed by atoms with Crippen LogP contribution < -0.4 is 4.74 Å². The van der Waals surface area contributed by atoms with Crippen molar-refractivity contribution in [3.63, 3.8) is 0 Å². The maximum Gasteiger partial charge on any atom is 0.460 e. The van der Waals surface area contributed by atoms with E-state index in [1.165, 1.54) is 49.9 Å². The molecule has 0 aliphatic rings. The first-order valence-electron chi connectivity index (χ1n) is 16.3. The second-order valence-electron chi connectivity index (χ2n) is 13.1. The Hall–Kier alpha value is -2.07. The summed E-state index contributed by atoms with van der Waals surface area (Å²) in [5.41, 5.74) is 0.661. The van der Waals surface area contributed by atoms with Gasteiger partial charge in [0, 0.05) is 6.42 Å². The first kappa shape index (κ1) is 46.0. The van der Waals surface area contributed by atoms with Crippen LogP contribution in [-0.2, 0) is 11.3 Å². The second kappa shape index (κ2) is 17.6. The Labute approximate surface area is 282 Å². The summed E-state index contributed by atoms with van der Waals surface area (Å²) in [5, 5.41) is 0. The smallest absolute Gasteiger partial charge is 0.460 e. The summed E-state index contributed by atoms with van der Waals surface area (Å²) in [5.74, 6) is -44.8. The Morgan fingerprint density at radius 3 is 1.52 bits per heavy atom. The van der Waals surface area contributed by atoms with Crippen molar-refractivity contribution < 1.29 is 75.3 Å². The lowest BCUT2D eigenvalue weighted by Gasteiger charge is -2.41. The average molecular weight is 759 g/mol. The molecule has 0 aliphatic heterocycles. The van der Waals surface area contributed by atoms with E-state index in [9.17, 15) is 65.9 Å². The Morgan fingerprint density at radius 1 is 0.560 bits per heavy atom. The molecule has 2 nitrogen and oxygen atoms in total. The van der Waals surface area contributed by atoms with Crippen LogP contribution in [0, 0.1) is 17.8 Å². The van der Waals surface area contributed by atoms with E-state index >= 15 is 0 Å². The molecule has 0 N–H and O–H groups in total. The molecule has 0 aromatic heterocycles. The fourth-order valence-corrected chi connectivity index (χ4v) is 4.90. The van der Waals surface area contributed by atoms with Gasteiger partial charge in [0.25, 0.3) is 0 Å². The Kier molecular flexibility index (Phi) is 16.2. The number of ether oxygens (including phenoxy) is 2. The van der Waals surface area contributed by atoms with Gasteiger partial charge >= 0.3 is 41.7 Å². The third-order valence-electron chi connectivity index (χ3n) is 8.98. The van der Waals surface area contributed by atoms with Crippen LogP contribution in [0.5, 0.6) is 5.75 Å². The minimum Gasteiger partial charge on any atom is -0.494 e. The predicted octanol–water partition coefficient (Wildman–Crippen LogP) is 12.8. The third kappa shape index (κ3) is 10.7. The third-order valence-corrected chi connectivity index (χ3v) is 8.98. The van der Waals surface area contributed by atoms with Gasteiger partial charge in [0.15, 0.2) is 0 Å². The molecule has 294 valence electrons. The summed E-state index contributed by atoms with van der Waals surface area (Å²) in [6, 6.07) is 5.66. The molecule has 0 radical (unpaired) electrons. The molecule has 1 rings (SSSR count). The number of benzene rings is 1. The van der Waals surface area contributed by atoms with Gasteiger partial charge in [-0.1, -0.05) is 78.4 Å². The maximum atomic E-state index is 14.0. The molecule has 0 aliphatic carbocycles. The van der Waals surface area contributed by atoms with Crippen molar-refractivity contribution >= 4 is 0 Å². The SMILES string of the molecule is CC[C@@H](C)CCC[C@H](C)CCC[C@@H](C)[C@H](C)OCc1ccc(OCCCC(F)(F)C(F)(F)C(F)(F)C(F)(F)C(F)(F)C(F)(F)C(F)(F)F)cc1. The van der Waals surface area contributed by atoms with Crippen molar-refractivity contribution in [3.8, 4) is 5.75 Å². The van der Waals surface area contributed by atoms with E-state index in [2.05, 4.69) is 27.7 Å². The molecule has 17 heteroatoms. The van der Waals surface area contributed by atoms with Gasteiger partial charge in [-0.2, -0.15) is 65.9 Å². The highest BCUT2D eigenvalue weighted by molar-refractivity contribution is 5.27. The first-order valence-corrected chi connectivity index (χ1v) is 16.3. The van der Waals surface area contributed by atoms with Crippen molar-refractivity contribution in [2.75, 3.05) is 6.61 Å². The van der Waals surface area contributed by atoms with Gasteiger partial charge in [-0.25, -0.2) is 0 Å². The quantitative estimate of drug-likeness (QED) is 0.0817. The molecule has 0 spiro atoms. The average Bonchev–Trinajstić information content (AvgIpc) is 3.01. The highest BCUT2D eigenvalue weighted by Gasteiger charge is 2.93. The molecule has 0 bridgehead atoms. The fourth-order valence-electron chi connectivity index (χ4n) is 4.90. The Balaban J connectivity index is 2.64. The van der Waals surface area contributed by atoms with Crippen LogP contribution in [0.15, 0.2) is 24.3 Å². The normalized spacial score (nSPS) is 16.6. The van der Waals surface area contributed by atoms with Gasteiger partial charge in [0.05, 0.1) is 19.3 Å². The predicted molar refractivity (Wildman–Crippen MR) is 157 cm³/mol. The van der Waals surface area contributed by atoms with E-state index in [4.69, 9.17) is 9.47 Å². The monoisotopic (exact) mass is 758 g/mol. The van der Waals surface area contributed by atoms with Crippen LogP contribution >= 0.6 is 0 Å². The number of rotatable bonds is 23. The van der Waals surface area contributed by atoms with Gasteiger partial charge in [-0.15, -0.1) is 0 Å². The highest BCUT2D eigenvalue weighted by Crippen LogP contribution is 2.62. The van der Waals surface area contributed by atoms with E-state index in [1.807, 2.05) is 6.92 Å². The molecule has 4 atom stereocenters. The molecule has 0 amide bonds. The van der Waals surface area contributed by atoms with E-state index in [1.54, 1.807) is 0 Å². The van der Waals surface area contributed by atoms with Crippen molar-refractivity contribution in [1.82, 2.24) is 0 Å². The van der Waals surface area contributed by atoms with E-state index in [0.29, 0.717) is 11.5 Å². The zero-order valence-electron chi connectivity index (χ0n) is 28.4. The van der Waals surface area contributed by atoms with Crippen LogP contribution in [0.3, 0.4) is 0 Å². The van der Waals surface area contributed by atoms with Gasteiger partial charge < -0.3 is 9.47 Å². The molecule has 0 saturated carbocycles. The van der Waals surface area contributed by atoms with Gasteiger partial charge in [-0.3, -0.25) is 0 Å². The maximum absolute atomic E-state index is 14.0. The molecule has 0 fully saturated rings. The number of halogens is 15. The lowest BCUT2D eigenvalue weighted by molar-refractivity contribution is -0.452. The number of hydrogen-bond acceptors (Lipinski definition) is 2. The minimum absolute atomic E-state index is 0.0330. The summed E-state index contributed by atoms with van der Waals surface area (Å²) in [7, 11) is 0. The van der Waals surface area contributed by atoms with Gasteiger partial charge in [-0.05, 0) is 55.2 Å². The zero-order valence-corrected chi connectivity index (χ0v) is 28.4. The summed E-state index contributed by atoms with van der Waals surface area (Å²) in [6.07, 6.45) is -3.46. The molecule has 0 heterocycles. The minimum atomic E-state index is -8.28. The van der Waals surface area contributed by atoms with Crippen LogP contribution in [0.25, 0.3) is 0 Å². The molecule has 0 unspecified atom stereocenters. The molecule has 0 saturated heterocycles. The van der Waals surface area contributed by atoms with E-state index in [-0.39, 0.29) is 24.4 Å². The van der Waals surface area contributed by atoms with Crippen LogP contribution in [0.4, 0.5) is 65.9 Å². The van der Waals surface area contributed by atoms with Crippen molar-refractivity contribution in [3.05, 3.63) is 29.8 Å². The lowest BCUT2D eigenvalue weighted by atomic mass is 9.90. The highest BCUT2D eigenvalue weighted by atomic mass is 19.4. The Morgan fingerprint density at radius 2 is 1.02 bits per heavy atom. The lowest BCUT2D eigenvalue weighted by Crippen LogP contribution is -2.72. The van der Waals surface area contributed by atoms with Gasteiger partial charge in [0.1, 0.15) is 5.75 Å². The van der Waals surface area contributed by atoms with Crippen LogP contribution in [0.1, 0.15) is 98.0 Å². The zero-order chi connectivity index (χ0) is 39.0. The largest absolute Gasteiger partial charge is 0.494 e. The summed E-state index contributed by atoms with van der Waals surface area (Å²) in [4.78, 5) is 0. The van der Waals surface area contributed by atoms with Crippen molar-refractivity contribution in [2.45, 2.75) is 147 Å². The fraction of sp³-hybridized carbons (Fsp3) is 0.818. The second-order valence-corrected chi connectivity index (χ2v) is 13.1. The Bertz CT molecular complexity index is 1140. The standard InChI is InChI=1S/C33H45F15O2/c1-6-21(2)10-7-11-22(3)12-8-13-23(4)24(5)50-20-25-14-16-26(17-15-25)49-19-9-18-27(34,35)28(36,37)29(38,39)30(40,41)31(42,43)32(44,45)33(46,47)48/h14-17,21-24H,6-13,18-20H2,1-5H3/t21-,22+,23-,24+/m1/s1.